The van der Waals surface area contributed by atoms with Gasteiger partial charge in [-0.3, -0.25) is 0 Å². The second-order valence-corrected chi connectivity index (χ2v) is 8.54. The number of benzene rings is 1. The maximum absolute atomic E-state index is 5.73. The second-order valence-electron chi connectivity index (χ2n) is 8.54. The van der Waals surface area contributed by atoms with Gasteiger partial charge in [-0.05, 0) is 74.4 Å². The summed E-state index contributed by atoms with van der Waals surface area (Å²) in [7, 11) is 0. The topological polar surface area (TPSA) is 9.23 Å². The first-order valence-corrected chi connectivity index (χ1v) is 12.2. The number of hydrogen-bond acceptors (Lipinski definition) is 1. The number of rotatable bonds is 10. The Morgan fingerprint density at radius 2 is 1.53 bits per heavy atom. The summed E-state index contributed by atoms with van der Waals surface area (Å²) in [4.78, 5) is 0. The zero-order chi connectivity index (χ0) is 21.3. The quantitative estimate of drug-likeness (QED) is 0.284. The minimum absolute atomic E-state index is 0.583. The van der Waals surface area contributed by atoms with Crippen LogP contribution in [-0.4, -0.2) is 6.61 Å². The smallest absolute Gasteiger partial charge is 0.119 e. The van der Waals surface area contributed by atoms with Crippen LogP contribution in [0.25, 0.3) is 0 Å². The van der Waals surface area contributed by atoms with Crippen LogP contribution in [0.4, 0.5) is 0 Å². The summed E-state index contributed by atoms with van der Waals surface area (Å²) in [5.41, 5.74) is 1.01. The molecule has 0 heterocycles. The van der Waals surface area contributed by atoms with Gasteiger partial charge in [0.05, 0.1) is 6.61 Å². The minimum Gasteiger partial charge on any atom is -0.494 e. The predicted molar refractivity (Wildman–Crippen MR) is 129 cm³/mol. The molecule has 1 heteroatoms. The van der Waals surface area contributed by atoms with Crippen LogP contribution in [0.15, 0.2) is 36.4 Å². The predicted octanol–water partition coefficient (Wildman–Crippen LogP) is 7.94. The molecule has 0 unspecified atom stereocenters. The van der Waals surface area contributed by atoms with Crippen LogP contribution in [0.3, 0.4) is 0 Å². The lowest BCUT2D eigenvalue weighted by molar-refractivity contribution is 0.294. The summed E-state index contributed by atoms with van der Waals surface area (Å²) in [5.74, 6) is 15.3. The first-order valence-electron chi connectivity index (χ1n) is 12.2. The SMILES string of the molecule is CCCCCC[C@H]1CC[C@H](C#C/C=C/C#Cc2ccc(OCCCCC)cc2)CC1. The van der Waals surface area contributed by atoms with Gasteiger partial charge >= 0.3 is 0 Å². The molecule has 0 amide bonds. The number of allylic oxidation sites excluding steroid dienone is 2. The first kappa shape index (κ1) is 24.2. The molecule has 0 atom stereocenters. The van der Waals surface area contributed by atoms with Crippen molar-refractivity contribution >= 4 is 0 Å². The molecule has 30 heavy (non-hydrogen) atoms. The Kier molecular flexibility index (Phi) is 12.6. The van der Waals surface area contributed by atoms with Crippen molar-refractivity contribution in [2.75, 3.05) is 6.61 Å². The standard InChI is InChI=1S/C29H40O/c1-3-5-7-10-14-26-17-19-27(20-18-26)15-11-8-9-12-16-28-21-23-29(24-22-28)30-25-13-6-4-2/h8-9,21-24,26-27H,3-7,10,13-14,17-20,25H2,1-2H3/b9-8+/t26-,27-. The van der Waals surface area contributed by atoms with Crippen molar-refractivity contribution in [3.8, 4) is 29.4 Å². The van der Waals surface area contributed by atoms with E-state index in [1.807, 2.05) is 36.4 Å². The van der Waals surface area contributed by atoms with Crippen molar-refractivity contribution < 1.29 is 4.74 Å². The normalized spacial score (nSPS) is 18.3. The van der Waals surface area contributed by atoms with Gasteiger partial charge in [-0.25, -0.2) is 0 Å². The average molecular weight is 405 g/mol. The fourth-order valence-electron chi connectivity index (χ4n) is 4.01. The van der Waals surface area contributed by atoms with Crippen LogP contribution in [0.2, 0.25) is 0 Å². The monoisotopic (exact) mass is 404 g/mol. The molecular formula is C29H40O. The second kappa shape index (κ2) is 15.7. The number of ether oxygens (including phenoxy) is 1. The molecule has 2 rings (SSSR count). The molecule has 0 radical (unpaired) electrons. The van der Waals surface area contributed by atoms with E-state index in [0.29, 0.717) is 5.92 Å². The molecule has 1 aliphatic carbocycles. The van der Waals surface area contributed by atoms with Gasteiger partial charge in [-0.15, -0.1) is 0 Å². The Labute approximate surface area is 185 Å². The maximum atomic E-state index is 5.73. The Balaban J connectivity index is 1.64. The maximum Gasteiger partial charge on any atom is 0.119 e. The number of hydrogen-bond donors (Lipinski definition) is 0. The Morgan fingerprint density at radius 1 is 0.833 bits per heavy atom. The van der Waals surface area contributed by atoms with Crippen LogP contribution < -0.4 is 4.74 Å². The minimum atomic E-state index is 0.583. The van der Waals surface area contributed by atoms with Crippen molar-refractivity contribution in [3.63, 3.8) is 0 Å². The van der Waals surface area contributed by atoms with Gasteiger partial charge < -0.3 is 4.74 Å². The summed E-state index contributed by atoms with van der Waals surface area (Å²) in [6.07, 6.45) is 19.6. The van der Waals surface area contributed by atoms with Gasteiger partial charge in [0.15, 0.2) is 0 Å². The fraction of sp³-hybridized carbons (Fsp3) is 0.586. The molecule has 1 aromatic rings. The van der Waals surface area contributed by atoms with E-state index in [0.717, 1.165) is 30.3 Å². The molecule has 0 bridgehead atoms. The van der Waals surface area contributed by atoms with Crippen molar-refractivity contribution in [1.29, 1.82) is 0 Å². The summed E-state index contributed by atoms with van der Waals surface area (Å²) in [5, 5.41) is 0. The summed E-state index contributed by atoms with van der Waals surface area (Å²) in [6.45, 7) is 5.28. The van der Waals surface area contributed by atoms with Crippen molar-refractivity contribution in [3.05, 3.63) is 42.0 Å². The molecule has 0 aliphatic heterocycles. The van der Waals surface area contributed by atoms with Crippen LogP contribution in [-0.2, 0) is 0 Å². The molecule has 162 valence electrons. The van der Waals surface area contributed by atoms with E-state index in [2.05, 4.69) is 37.5 Å². The molecule has 1 saturated carbocycles. The third-order valence-corrected chi connectivity index (χ3v) is 5.94. The molecule has 0 saturated heterocycles. The van der Waals surface area contributed by atoms with Crippen molar-refractivity contribution in [2.24, 2.45) is 11.8 Å². The van der Waals surface area contributed by atoms with Crippen LogP contribution >= 0.6 is 0 Å². The van der Waals surface area contributed by atoms with Gasteiger partial charge in [0.25, 0.3) is 0 Å². The summed E-state index contributed by atoms with van der Waals surface area (Å²) >= 11 is 0. The Morgan fingerprint density at radius 3 is 2.27 bits per heavy atom. The zero-order valence-corrected chi connectivity index (χ0v) is 19.2. The van der Waals surface area contributed by atoms with E-state index in [9.17, 15) is 0 Å². The fourth-order valence-corrected chi connectivity index (χ4v) is 4.01. The van der Waals surface area contributed by atoms with E-state index in [-0.39, 0.29) is 0 Å². The van der Waals surface area contributed by atoms with E-state index < -0.39 is 0 Å². The highest BCUT2D eigenvalue weighted by molar-refractivity contribution is 5.40. The van der Waals surface area contributed by atoms with E-state index >= 15 is 0 Å². The number of unbranched alkanes of at least 4 members (excludes halogenated alkanes) is 5. The highest BCUT2D eigenvalue weighted by Gasteiger charge is 2.19. The molecule has 0 spiro atoms. The third kappa shape index (κ3) is 10.6. The summed E-state index contributed by atoms with van der Waals surface area (Å²) in [6, 6.07) is 8.03. The molecule has 1 aliphatic rings. The van der Waals surface area contributed by atoms with Crippen LogP contribution in [0, 0.1) is 35.5 Å². The van der Waals surface area contributed by atoms with Gasteiger partial charge in [0.2, 0.25) is 0 Å². The van der Waals surface area contributed by atoms with E-state index in [4.69, 9.17) is 4.74 Å². The third-order valence-electron chi connectivity index (χ3n) is 5.94. The van der Waals surface area contributed by atoms with Crippen LogP contribution in [0.5, 0.6) is 5.75 Å². The van der Waals surface area contributed by atoms with Crippen molar-refractivity contribution in [1.82, 2.24) is 0 Å². The summed E-state index contributed by atoms with van der Waals surface area (Å²) < 4.78 is 5.73. The lowest BCUT2D eigenvalue weighted by atomic mass is 9.80. The molecule has 1 aromatic carbocycles. The molecule has 1 fully saturated rings. The largest absolute Gasteiger partial charge is 0.494 e. The lowest BCUT2D eigenvalue weighted by Crippen LogP contribution is -2.13. The van der Waals surface area contributed by atoms with E-state index in [1.165, 1.54) is 70.6 Å². The molecule has 1 nitrogen and oxygen atoms in total. The van der Waals surface area contributed by atoms with Gasteiger partial charge in [-0.2, -0.15) is 0 Å². The Hall–Kier alpha value is -2.12. The van der Waals surface area contributed by atoms with Gasteiger partial charge in [0, 0.05) is 11.5 Å². The highest BCUT2D eigenvalue weighted by atomic mass is 16.5. The van der Waals surface area contributed by atoms with Crippen LogP contribution in [0.1, 0.15) is 96.5 Å². The lowest BCUT2D eigenvalue weighted by Gasteiger charge is -2.25. The van der Waals surface area contributed by atoms with Crippen molar-refractivity contribution in [2.45, 2.75) is 90.9 Å². The molecule has 0 aromatic heterocycles. The van der Waals surface area contributed by atoms with Gasteiger partial charge in [0.1, 0.15) is 5.75 Å². The Bertz CT molecular complexity index is 712. The van der Waals surface area contributed by atoms with E-state index in [1.54, 1.807) is 0 Å². The highest BCUT2D eigenvalue weighted by Crippen LogP contribution is 2.31. The van der Waals surface area contributed by atoms with Gasteiger partial charge in [-0.1, -0.05) is 82.5 Å². The average Bonchev–Trinajstić information content (AvgIpc) is 2.78. The first-order chi connectivity index (χ1) is 14.8. The molecule has 0 N–H and O–H groups in total. The zero-order valence-electron chi connectivity index (χ0n) is 19.2. The molecular weight excluding hydrogens is 364 g/mol.